The van der Waals surface area contributed by atoms with Crippen molar-refractivity contribution in [2.24, 2.45) is 5.73 Å². The smallest absolute Gasteiger partial charge is 0.122 e. The molecule has 1 atom stereocenters. The van der Waals surface area contributed by atoms with Gasteiger partial charge in [0.2, 0.25) is 0 Å². The van der Waals surface area contributed by atoms with Crippen molar-refractivity contribution in [3.05, 3.63) is 24.0 Å². The number of pyridine rings is 1. The molecule has 0 amide bonds. The van der Waals surface area contributed by atoms with E-state index in [9.17, 15) is 0 Å². The predicted molar refractivity (Wildman–Crippen MR) is 78.9 cm³/mol. The number of nitrogens with two attached hydrogens (primary N) is 1. The summed E-state index contributed by atoms with van der Waals surface area (Å²) in [7, 11) is 2.19. The monoisotopic (exact) mass is 264 g/mol. The molecular formula is C13H20N4S. The minimum Gasteiger partial charge on any atom is -0.388 e. The zero-order valence-corrected chi connectivity index (χ0v) is 11.7. The van der Waals surface area contributed by atoms with Gasteiger partial charge < -0.3 is 11.1 Å². The van der Waals surface area contributed by atoms with Gasteiger partial charge >= 0.3 is 0 Å². The summed E-state index contributed by atoms with van der Waals surface area (Å²) in [5.74, 6) is 0. The molecule has 1 saturated carbocycles. The number of rotatable bonds is 6. The Hall–Kier alpha value is -1.20. The van der Waals surface area contributed by atoms with Crippen LogP contribution in [0.2, 0.25) is 0 Å². The standard InChI is InChI=1S/C13H20N4S/c1-9(17(2)11-3-4-11)8-16-10-5-6-15-12(7-10)13(14)18/h5-7,9,11H,3-4,8H2,1-2H3,(H2,14,18)(H,15,16). The van der Waals surface area contributed by atoms with Gasteiger partial charge in [-0.1, -0.05) is 12.2 Å². The fourth-order valence-electron chi connectivity index (χ4n) is 1.93. The van der Waals surface area contributed by atoms with Crippen LogP contribution in [0.4, 0.5) is 5.69 Å². The number of likely N-dealkylation sites (N-methyl/N-ethyl adjacent to an activating group) is 1. The molecule has 4 nitrogen and oxygen atoms in total. The van der Waals surface area contributed by atoms with E-state index in [4.69, 9.17) is 18.0 Å². The lowest BCUT2D eigenvalue weighted by atomic mass is 10.2. The molecule has 1 aromatic heterocycles. The lowest BCUT2D eigenvalue weighted by molar-refractivity contribution is 0.257. The van der Waals surface area contributed by atoms with Crippen molar-refractivity contribution in [1.29, 1.82) is 0 Å². The van der Waals surface area contributed by atoms with E-state index in [0.717, 1.165) is 18.3 Å². The molecule has 1 aliphatic carbocycles. The van der Waals surface area contributed by atoms with Crippen molar-refractivity contribution in [3.63, 3.8) is 0 Å². The first kappa shape index (κ1) is 13.2. The minimum absolute atomic E-state index is 0.335. The second-order valence-corrected chi connectivity index (χ2v) is 5.36. The first-order valence-electron chi connectivity index (χ1n) is 6.29. The number of anilines is 1. The van der Waals surface area contributed by atoms with Gasteiger partial charge in [0.25, 0.3) is 0 Å². The number of hydrogen-bond donors (Lipinski definition) is 2. The van der Waals surface area contributed by atoms with Gasteiger partial charge in [-0.3, -0.25) is 9.88 Å². The zero-order chi connectivity index (χ0) is 13.1. The van der Waals surface area contributed by atoms with Gasteiger partial charge in [-0.15, -0.1) is 0 Å². The van der Waals surface area contributed by atoms with E-state index < -0.39 is 0 Å². The lowest BCUT2D eigenvalue weighted by Gasteiger charge is -2.25. The van der Waals surface area contributed by atoms with Crippen LogP contribution in [0.5, 0.6) is 0 Å². The van der Waals surface area contributed by atoms with Crippen LogP contribution in [0.1, 0.15) is 25.5 Å². The van der Waals surface area contributed by atoms with Crippen molar-refractivity contribution in [1.82, 2.24) is 9.88 Å². The van der Waals surface area contributed by atoms with Crippen LogP contribution >= 0.6 is 12.2 Å². The molecule has 1 fully saturated rings. The molecule has 0 spiro atoms. The van der Waals surface area contributed by atoms with Gasteiger partial charge in [0, 0.05) is 30.5 Å². The fraction of sp³-hybridized carbons (Fsp3) is 0.538. The van der Waals surface area contributed by atoms with Gasteiger partial charge in [-0.05, 0) is 38.9 Å². The molecule has 1 aliphatic rings. The third-order valence-electron chi connectivity index (χ3n) is 3.43. The van der Waals surface area contributed by atoms with Crippen LogP contribution in [0.3, 0.4) is 0 Å². The molecule has 1 heterocycles. The van der Waals surface area contributed by atoms with Gasteiger partial charge in [0.05, 0.1) is 5.69 Å². The Kier molecular flexibility index (Phi) is 4.14. The number of nitrogens with one attached hydrogen (secondary N) is 1. The summed E-state index contributed by atoms with van der Waals surface area (Å²) >= 11 is 4.92. The van der Waals surface area contributed by atoms with E-state index in [2.05, 4.69) is 29.2 Å². The summed E-state index contributed by atoms with van der Waals surface area (Å²) in [5.41, 5.74) is 7.25. The number of nitrogens with zero attached hydrogens (tertiary/aromatic N) is 2. The molecule has 0 radical (unpaired) electrons. The van der Waals surface area contributed by atoms with E-state index in [1.807, 2.05) is 12.1 Å². The van der Waals surface area contributed by atoms with Crippen LogP contribution in [-0.2, 0) is 0 Å². The predicted octanol–water partition coefficient (Wildman–Crippen LogP) is 1.61. The highest BCUT2D eigenvalue weighted by molar-refractivity contribution is 7.80. The maximum absolute atomic E-state index is 5.57. The highest BCUT2D eigenvalue weighted by Crippen LogP contribution is 2.26. The maximum atomic E-state index is 5.57. The summed E-state index contributed by atoms with van der Waals surface area (Å²) in [6.07, 6.45) is 4.40. The first-order chi connectivity index (χ1) is 8.58. The van der Waals surface area contributed by atoms with Gasteiger partial charge in [0.15, 0.2) is 0 Å². The maximum Gasteiger partial charge on any atom is 0.122 e. The lowest BCUT2D eigenvalue weighted by Crippen LogP contribution is -2.36. The Morgan fingerprint density at radius 1 is 1.67 bits per heavy atom. The third kappa shape index (κ3) is 3.40. The largest absolute Gasteiger partial charge is 0.388 e. The van der Waals surface area contributed by atoms with Crippen molar-refractivity contribution >= 4 is 22.9 Å². The molecule has 18 heavy (non-hydrogen) atoms. The first-order valence-corrected chi connectivity index (χ1v) is 6.70. The molecule has 1 unspecified atom stereocenters. The molecule has 0 aromatic carbocycles. The van der Waals surface area contributed by atoms with Gasteiger partial charge in [0.1, 0.15) is 4.99 Å². The summed E-state index contributed by atoms with van der Waals surface area (Å²) < 4.78 is 0. The van der Waals surface area contributed by atoms with E-state index in [1.54, 1.807) is 6.20 Å². The van der Waals surface area contributed by atoms with Crippen LogP contribution in [0, 0.1) is 0 Å². The Bertz CT molecular complexity index is 431. The van der Waals surface area contributed by atoms with Crippen LogP contribution < -0.4 is 11.1 Å². The van der Waals surface area contributed by atoms with Crippen molar-refractivity contribution in [2.45, 2.75) is 31.8 Å². The second-order valence-electron chi connectivity index (χ2n) is 4.92. The zero-order valence-electron chi connectivity index (χ0n) is 10.9. The van der Waals surface area contributed by atoms with E-state index in [-0.39, 0.29) is 0 Å². The Labute approximate surface area is 114 Å². The van der Waals surface area contributed by atoms with Crippen LogP contribution in [-0.4, -0.2) is 40.5 Å². The Morgan fingerprint density at radius 3 is 3.00 bits per heavy atom. The molecule has 0 bridgehead atoms. The summed E-state index contributed by atoms with van der Waals surface area (Å²) in [6.45, 7) is 3.15. The summed E-state index contributed by atoms with van der Waals surface area (Å²) in [5, 5.41) is 3.41. The van der Waals surface area contributed by atoms with Crippen LogP contribution in [0.15, 0.2) is 18.3 Å². The quantitative estimate of drug-likeness (QED) is 0.765. The molecule has 0 saturated heterocycles. The Balaban J connectivity index is 1.89. The highest BCUT2D eigenvalue weighted by Gasteiger charge is 2.28. The minimum atomic E-state index is 0.335. The van der Waals surface area contributed by atoms with Crippen LogP contribution in [0.25, 0.3) is 0 Å². The van der Waals surface area contributed by atoms with Crippen molar-refractivity contribution in [3.8, 4) is 0 Å². The summed E-state index contributed by atoms with van der Waals surface area (Å²) in [4.78, 5) is 6.89. The number of thiocarbonyl (C=S) groups is 1. The molecule has 3 N–H and O–H groups in total. The molecule has 1 aromatic rings. The van der Waals surface area contributed by atoms with Gasteiger partial charge in [-0.25, -0.2) is 0 Å². The molecule has 98 valence electrons. The molecule has 5 heteroatoms. The van der Waals surface area contributed by atoms with Crippen molar-refractivity contribution in [2.75, 3.05) is 18.9 Å². The van der Waals surface area contributed by atoms with E-state index in [0.29, 0.717) is 16.7 Å². The fourth-order valence-corrected chi connectivity index (χ4v) is 2.04. The average Bonchev–Trinajstić information content (AvgIpc) is 3.19. The van der Waals surface area contributed by atoms with Gasteiger partial charge in [-0.2, -0.15) is 0 Å². The highest BCUT2D eigenvalue weighted by atomic mass is 32.1. The number of hydrogen-bond acceptors (Lipinski definition) is 4. The van der Waals surface area contributed by atoms with E-state index in [1.165, 1.54) is 12.8 Å². The van der Waals surface area contributed by atoms with Crippen molar-refractivity contribution < 1.29 is 0 Å². The molecular weight excluding hydrogens is 244 g/mol. The SMILES string of the molecule is CC(CNc1ccnc(C(N)=S)c1)N(C)C1CC1. The number of aromatic nitrogens is 1. The molecule has 2 rings (SSSR count). The second kappa shape index (κ2) is 5.63. The topological polar surface area (TPSA) is 54.2 Å². The average molecular weight is 264 g/mol. The normalized spacial score (nSPS) is 16.6. The third-order valence-corrected chi connectivity index (χ3v) is 3.64. The van der Waals surface area contributed by atoms with E-state index >= 15 is 0 Å². The molecule has 0 aliphatic heterocycles. The summed E-state index contributed by atoms with van der Waals surface area (Å²) in [6, 6.07) is 5.13. The Morgan fingerprint density at radius 2 is 2.39 bits per heavy atom.